The van der Waals surface area contributed by atoms with E-state index in [4.69, 9.17) is 19.4 Å². The van der Waals surface area contributed by atoms with Crippen molar-refractivity contribution in [1.29, 1.82) is 0 Å². The number of carbonyl (C=O) groups is 1. The molecule has 0 aliphatic rings. The largest absolute Gasteiger partial charge is 0.542 e. The summed E-state index contributed by atoms with van der Waals surface area (Å²) in [6, 6.07) is 17.2. The predicted octanol–water partition coefficient (Wildman–Crippen LogP) is 6.33. The first-order chi connectivity index (χ1) is 15.8. The number of hydrogen-bond donors (Lipinski definition) is 0. The summed E-state index contributed by atoms with van der Waals surface area (Å²) in [6.45, 7) is 12.8. The Labute approximate surface area is 198 Å². The molecule has 0 aliphatic heterocycles. The molecule has 0 amide bonds. The molecule has 3 aromatic rings. The summed E-state index contributed by atoms with van der Waals surface area (Å²) in [5, 5.41) is 9.40. The zero-order valence-electron chi connectivity index (χ0n) is 20.9. The van der Waals surface area contributed by atoms with Crippen LogP contribution in [0.2, 0.25) is 18.1 Å². The number of benzene rings is 2. The molecule has 0 unspecified atom stereocenters. The van der Waals surface area contributed by atoms with Crippen LogP contribution in [0.3, 0.4) is 0 Å². The molecule has 1 heterocycles. The molecule has 6 nitrogen and oxygen atoms in total. The fraction of sp³-hybridized carbons (Fsp3) is 0.500. The lowest BCUT2D eigenvalue weighted by molar-refractivity contribution is -0.154. The molecule has 0 N–H and O–H groups in total. The highest BCUT2D eigenvalue weighted by atomic mass is 28.4. The van der Waals surface area contributed by atoms with Gasteiger partial charge >= 0.3 is 5.97 Å². The van der Waals surface area contributed by atoms with Crippen LogP contribution in [0.15, 0.2) is 42.5 Å². The molecule has 0 fully saturated rings. The summed E-state index contributed by atoms with van der Waals surface area (Å²) >= 11 is 0. The molecule has 2 aromatic carbocycles. The lowest BCUT2D eigenvalue weighted by atomic mass is 9.91. The van der Waals surface area contributed by atoms with Crippen LogP contribution in [0.1, 0.15) is 53.5 Å². The molecular formula is C26H37N3O3Si. The second-order valence-electron chi connectivity index (χ2n) is 9.25. The Balaban J connectivity index is 1.91. The van der Waals surface area contributed by atoms with E-state index in [0.717, 1.165) is 52.6 Å². The zero-order chi connectivity index (χ0) is 24.1. The van der Waals surface area contributed by atoms with Gasteiger partial charge in [0, 0.05) is 6.42 Å². The topological polar surface area (TPSA) is 66.2 Å². The van der Waals surface area contributed by atoms with Crippen LogP contribution in [0.5, 0.6) is 5.75 Å². The minimum atomic E-state index is -1.88. The van der Waals surface area contributed by atoms with Gasteiger partial charge in [-0.25, -0.2) is 0 Å². The highest BCUT2D eigenvalue weighted by Crippen LogP contribution is 2.31. The van der Waals surface area contributed by atoms with Gasteiger partial charge in [-0.3, -0.25) is 4.79 Å². The van der Waals surface area contributed by atoms with Crippen molar-refractivity contribution < 1.29 is 14.0 Å². The number of rotatable bonds is 11. The number of ether oxygens (including phenoxy) is 1. The second kappa shape index (κ2) is 10.5. The molecule has 7 heteroatoms. The van der Waals surface area contributed by atoms with E-state index in [9.17, 15) is 4.79 Å². The minimum absolute atomic E-state index is 0.158. The van der Waals surface area contributed by atoms with Crippen LogP contribution in [-0.4, -0.2) is 35.9 Å². The van der Waals surface area contributed by atoms with Gasteiger partial charge in [0.15, 0.2) is 0 Å². The maximum Gasteiger partial charge on any atom is 0.311 e. The third-order valence-electron chi connectivity index (χ3n) is 6.85. The van der Waals surface area contributed by atoms with Gasteiger partial charge < -0.3 is 9.16 Å². The van der Waals surface area contributed by atoms with E-state index in [0.29, 0.717) is 13.0 Å². The first-order valence-corrected chi connectivity index (χ1v) is 14.6. The Hall–Kier alpha value is -2.67. The molecule has 0 atom stereocenters. The minimum Gasteiger partial charge on any atom is -0.542 e. The smallest absolute Gasteiger partial charge is 0.311 e. The predicted molar refractivity (Wildman–Crippen MR) is 135 cm³/mol. The number of carbonyl (C=O) groups excluding carboxylic acids is 1. The highest BCUT2D eigenvalue weighted by molar-refractivity contribution is 6.74. The molecule has 0 radical (unpaired) electrons. The Morgan fingerprint density at radius 3 is 2.12 bits per heavy atom. The summed E-state index contributed by atoms with van der Waals surface area (Å²) in [7, 11) is -1.88. The second-order valence-corrected chi connectivity index (χ2v) is 13.9. The number of aromatic nitrogens is 3. The van der Waals surface area contributed by atoms with Crippen molar-refractivity contribution in [2.24, 2.45) is 5.41 Å². The standard InChI is InChI=1S/C26H37N3O3Si/c1-7-26(5,6)25(30)31-18-17-20-15-16-24(32-33(8-2,9-3)10-4)23(19-20)29-27-21-13-11-12-14-22(21)28-29/h11-16,19H,7-10,17-18H2,1-6H3. The molecule has 33 heavy (non-hydrogen) atoms. The van der Waals surface area contributed by atoms with Crippen molar-refractivity contribution in [2.45, 2.75) is 72.5 Å². The van der Waals surface area contributed by atoms with Crippen molar-refractivity contribution in [2.75, 3.05) is 6.61 Å². The van der Waals surface area contributed by atoms with Crippen LogP contribution in [-0.2, 0) is 16.0 Å². The fourth-order valence-electron chi connectivity index (χ4n) is 3.73. The number of nitrogens with zero attached hydrogens (tertiary/aromatic N) is 3. The van der Waals surface area contributed by atoms with Gasteiger partial charge in [-0.05, 0) is 68.2 Å². The van der Waals surface area contributed by atoms with Gasteiger partial charge in [0.2, 0.25) is 0 Å². The lowest BCUT2D eigenvalue weighted by Crippen LogP contribution is -2.39. The van der Waals surface area contributed by atoms with Crippen LogP contribution < -0.4 is 4.43 Å². The van der Waals surface area contributed by atoms with Crippen LogP contribution in [0.4, 0.5) is 0 Å². The average Bonchev–Trinajstić information content (AvgIpc) is 3.27. The Morgan fingerprint density at radius 1 is 0.970 bits per heavy atom. The maximum atomic E-state index is 12.3. The number of fused-ring (bicyclic) bond motifs is 1. The first-order valence-electron chi connectivity index (χ1n) is 12.1. The van der Waals surface area contributed by atoms with Gasteiger partial charge in [-0.15, -0.1) is 15.0 Å². The third-order valence-corrected chi connectivity index (χ3v) is 11.4. The summed E-state index contributed by atoms with van der Waals surface area (Å²) in [4.78, 5) is 14.0. The summed E-state index contributed by atoms with van der Waals surface area (Å²) in [5.41, 5.74) is 3.11. The van der Waals surface area contributed by atoms with E-state index in [-0.39, 0.29) is 5.97 Å². The van der Waals surface area contributed by atoms with E-state index < -0.39 is 13.7 Å². The molecule has 1 aromatic heterocycles. The molecule has 0 aliphatic carbocycles. The highest BCUT2D eigenvalue weighted by Gasteiger charge is 2.32. The molecule has 0 spiro atoms. The number of hydrogen-bond acceptors (Lipinski definition) is 5. The fourth-order valence-corrected chi connectivity index (χ4v) is 6.30. The van der Waals surface area contributed by atoms with E-state index >= 15 is 0 Å². The van der Waals surface area contributed by atoms with E-state index in [1.807, 2.05) is 51.1 Å². The van der Waals surface area contributed by atoms with Crippen molar-refractivity contribution in [1.82, 2.24) is 15.0 Å². The van der Waals surface area contributed by atoms with Crippen molar-refractivity contribution >= 4 is 25.3 Å². The van der Waals surface area contributed by atoms with E-state index in [1.165, 1.54) is 0 Å². The monoisotopic (exact) mass is 467 g/mol. The SMILES string of the molecule is CCC(C)(C)C(=O)OCCc1ccc(O[Si](CC)(CC)CC)c(-n2nc3ccccc3n2)c1. The van der Waals surface area contributed by atoms with Gasteiger partial charge in [-0.2, -0.15) is 0 Å². The molecule has 0 saturated carbocycles. The van der Waals surface area contributed by atoms with Crippen molar-refractivity contribution in [3.05, 3.63) is 48.0 Å². The summed E-state index contributed by atoms with van der Waals surface area (Å²) in [5.74, 6) is 0.662. The molecule has 3 rings (SSSR count). The summed E-state index contributed by atoms with van der Waals surface area (Å²) in [6.07, 6.45) is 1.37. The van der Waals surface area contributed by atoms with Gasteiger partial charge in [-0.1, -0.05) is 45.9 Å². The number of esters is 1. The molecular weight excluding hydrogens is 430 g/mol. The Bertz CT molecular complexity index is 1050. The Morgan fingerprint density at radius 2 is 1.58 bits per heavy atom. The van der Waals surface area contributed by atoms with Crippen LogP contribution >= 0.6 is 0 Å². The van der Waals surface area contributed by atoms with Crippen molar-refractivity contribution in [3.63, 3.8) is 0 Å². The van der Waals surface area contributed by atoms with Crippen LogP contribution in [0, 0.1) is 5.41 Å². The van der Waals surface area contributed by atoms with Gasteiger partial charge in [0.05, 0.1) is 12.0 Å². The van der Waals surface area contributed by atoms with Crippen molar-refractivity contribution in [3.8, 4) is 11.4 Å². The van der Waals surface area contributed by atoms with E-state index in [2.05, 4.69) is 32.9 Å². The van der Waals surface area contributed by atoms with Gasteiger partial charge in [0.1, 0.15) is 22.5 Å². The zero-order valence-corrected chi connectivity index (χ0v) is 21.9. The quantitative estimate of drug-likeness (QED) is 0.244. The van der Waals surface area contributed by atoms with E-state index in [1.54, 1.807) is 4.80 Å². The maximum absolute atomic E-state index is 12.3. The normalized spacial score (nSPS) is 12.2. The molecule has 0 bridgehead atoms. The first kappa shape index (κ1) is 25.0. The Kier molecular flexibility index (Phi) is 7.95. The summed E-state index contributed by atoms with van der Waals surface area (Å²) < 4.78 is 12.3. The lowest BCUT2D eigenvalue weighted by Gasteiger charge is -2.30. The van der Waals surface area contributed by atoms with Crippen LogP contribution in [0.25, 0.3) is 16.7 Å². The third kappa shape index (κ3) is 5.64. The average molecular weight is 468 g/mol. The molecule has 0 saturated heterocycles. The molecule has 178 valence electrons. The van der Waals surface area contributed by atoms with Gasteiger partial charge in [0.25, 0.3) is 8.32 Å².